The molecule has 5 heteroatoms. The molecule has 0 fully saturated rings. The van der Waals surface area contributed by atoms with E-state index < -0.39 is 5.91 Å². The summed E-state index contributed by atoms with van der Waals surface area (Å²) in [7, 11) is 0. The molecule has 0 aliphatic heterocycles. The molecule has 0 radical (unpaired) electrons. The summed E-state index contributed by atoms with van der Waals surface area (Å²) in [5.41, 5.74) is 1.79. The molecule has 0 unspecified atom stereocenters. The largest absolute Gasteiger partial charge is 0.506 e. The summed E-state index contributed by atoms with van der Waals surface area (Å²) < 4.78 is 0. The fraction of sp³-hybridized carbons (Fsp3) is 0.125. The molecule has 2 amide bonds. The van der Waals surface area contributed by atoms with Gasteiger partial charge in [0.15, 0.2) is 0 Å². The van der Waals surface area contributed by atoms with Crippen molar-refractivity contribution in [1.29, 1.82) is 0 Å². The molecular weight excluding hydrogens is 268 g/mol. The van der Waals surface area contributed by atoms with Crippen LogP contribution >= 0.6 is 0 Å². The molecule has 2 rings (SSSR count). The Morgan fingerprint density at radius 3 is 2.57 bits per heavy atom. The van der Waals surface area contributed by atoms with Gasteiger partial charge in [0.2, 0.25) is 5.91 Å². The maximum atomic E-state index is 11.9. The van der Waals surface area contributed by atoms with Crippen molar-refractivity contribution >= 4 is 17.5 Å². The lowest BCUT2D eigenvalue weighted by Gasteiger charge is -2.08. The topological polar surface area (TPSA) is 78.4 Å². The number of hydrogen-bond donors (Lipinski definition) is 3. The van der Waals surface area contributed by atoms with Gasteiger partial charge in [-0.1, -0.05) is 29.8 Å². The highest BCUT2D eigenvalue weighted by molar-refractivity contribution is 5.99. The van der Waals surface area contributed by atoms with E-state index >= 15 is 0 Å². The van der Waals surface area contributed by atoms with Crippen molar-refractivity contribution in [2.24, 2.45) is 0 Å². The van der Waals surface area contributed by atoms with E-state index in [0.717, 1.165) is 5.56 Å². The Morgan fingerprint density at radius 2 is 1.86 bits per heavy atom. The Kier molecular flexibility index (Phi) is 4.56. The number of nitrogens with one attached hydrogen (secondary N) is 2. The molecule has 3 N–H and O–H groups in total. The molecule has 0 saturated heterocycles. The molecule has 0 atom stereocenters. The van der Waals surface area contributed by atoms with Crippen molar-refractivity contribution in [1.82, 2.24) is 5.32 Å². The fourth-order valence-corrected chi connectivity index (χ4v) is 1.82. The van der Waals surface area contributed by atoms with Crippen LogP contribution < -0.4 is 10.6 Å². The highest BCUT2D eigenvalue weighted by Gasteiger charge is 2.09. The molecular formula is C16H16N2O3. The summed E-state index contributed by atoms with van der Waals surface area (Å²) >= 11 is 0. The maximum absolute atomic E-state index is 11.9. The van der Waals surface area contributed by atoms with Gasteiger partial charge in [0, 0.05) is 5.56 Å². The van der Waals surface area contributed by atoms with Gasteiger partial charge in [0.1, 0.15) is 5.75 Å². The van der Waals surface area contributed by atoms with Crippen LogP contribution in [-0.2, 0) is 4.79 Å². The average Bonchev–Trinajstić information content (AvgIpc) is 2.47. The van der Waals surface area contributed by atoms with Gasteiger partial charge in [0.25, 0.3) is 5.91 Å². The van der Waals surface area contributed by atoms with E-state index in [1.807, 2.05) is 13.0 Å². The predicted octanol–water partition coefficient (Wildman–Crippen LogP) is 2.07. The molecule has 2 aromatic carbocycles. The monoisotopic (exact) mass is 284 g/mol. The van der Waals surface area contributed by atoms with Crippen LogP contribution in [0.4, 0.5) is 5.69 Å². The number of anilines is 1. The Morgan fingerprint density at radius 1 is 1.10 bits per heavy atom. The van der Waals surface area contributed by atoms with Crippen LogP contribution in [-0.4, -0.2) is 23.5 Å². The normalized spacial score (nSPS) is 9.95. The van der Waals surface area contributed by atoms with Crippen LogP contribution in [0, 0.1) is 6.92 Å². The highest BCUT2D eigenvalue weighted by Crippen LogP contribution is 2.20. The van der Waals surface area contributed by atoms with E-state index in [-0.39, 0.29) is 18.2 Å². The first-order chi connectivity index (χ1) is 10.1. The summed E-state index contributed by atoms with van der Waals surface area (Å²) in [6.07, 6.45) is 0. The van der Waals surface area contributed by atoms with Crippen molar-refractivity contribution in [3.63, 3.8) is 0 Å². The molecule has 0 aliphatic carbocycles. The zero-order chi connectivity index (χ0) is 15.2. The van der Waals surface area contributed by atoms with Crippen molar-refractivity contribution in [3.8, 4) is 5.75 Å². The zero-order valence-electron chi connectivity index (χ0n) is 11.6. The first-order valence-electron chi connectivity index (χ1n) is 6.49. The number of carbonyl (C=O) groups excluding carboxylic acids is 2. The van der Waals surface area contributed by atoms with Gasteiger partial charge in [-0.05, 0) is 31.2 Å². The third-order valence-electron chi connectivity index (χ3n) is 2.87. The lowest BCUT2D eigenvalue weighted by molar-refractivity contribution is -0.115. The summed E-state index contributed by atoms with van der Waals surface area (Å²) in [6.45, 7) is 1.72. The van der Waals surface area contributed by atoms with E-state index in [2.05, 4.69) is 10.6 Å². The second-order valence-corrected chi connectivity index (χ2v) is 4.62. The van der Waals surface area contributed by atoms with E-state index in [1.54, 1.807) is 36.4 Å². The number of phenolic OH excluding ortho intramolecular Hbond substituents is 1. The predicted molar refractivity (Wildman–Crippen MR) is 80.2 cm³/mol. The number of amides is 2. The number of benzene rings is 2. The van der Waals surface area contributed by atoms with Crippen LogP contribution in [0.1, 0.15) is 15.9 Å². The van der Waals surface area contributed by atoms with Crippen LogP contribution in [0.15, 0.2) is 48.5 Å². The second-order valence-electron chi connectivity index (χ2n) is 4.62. The van der Waals surface area contributed by atoms with E-state index in [9.17, 15) is 14.7 Å². The smallest absolute Gasteiger partial charge is 0.251 e. The maximum Gasteiger partial charge on any atom is 0.251 e. The Balaban J connectivity index is 1.90. The van der Waals surface area contributed by atoms with Crippen molar-refractivity contribution in [2.45, 2.75) is 6.92 Å². The molecule has 0 spiro atoms. The number of carbonyl (C=O) groups is 2. The molecule has 0 aromatic heterocycles. The van der Waals surface area contributed by atoms with Crippen molar-refractivity contribution in [3.05, 3.63) is 59.7 Å². The number of rotatable bonds is 4. The molecule has 21 heavy (non-hydrogen) atoms. The third-order valence-corrected chi connectivity index (χ3v) is 2.87. The van der Waals surface area contributed by atoms with Gasteiger partial charge in [-0.15, -0.1) is 0 Å². The van der Waals surface area contributed by atoms with Gasteiger partial charge in [-0.3, -0.25) is 9.59 Å². The van der Waals surface area contributed by atoms with Gasteiger partial charge in [0.05, 0.1) is 12.2 Å². The summed E-state index contributed by atoms with van der Waals surface area (Å²) in [4.78, 5) is 23.6. The molecule has 0 bridgehead atoms. The minimum absolute atomic E-state index is 0.0177. The molecule has 2 aromatic rings. The van der Waals surface area contributed by atoms with Crippen molar-refractivity contribution < 1.29 is 14.7 Å². The van der Waals surface area contributed by atoms with Gasteiger partial charge < -0.3 is 15.7 Å². The number of aryl methyl sites for hydroxylation is 1. The molecule has 5 nitrogen and oxygen atoms in total. The third kappa shape index (κ3) is 4.07. The van der Waals surface area contributed by atoms with E-state index in [4.69, 9.17) is 0 Å². The minimum atomic E-state index is -0.405. The van der Waals surface area contributed by atoms with Crippen molar-refractivity contribution in [2.75, 3.05) is 11.9 Å². The first kappa shape index (κ1) is 14.6. The number of para-hydroxylation sites is 2. The summed E-state index contributed by atoms with van der Waals surface area (Å²) in [5, 5.41) is 14.6. The van der Waals surface area contributed by atoms with Crippen LogP contribution in [0.5, 0.6) is 5.75 Å². The van der Waals surface area contributed by atoms with E-state index in [1.165, 1.54) is 6.07 Å². The molecule has 0 aliphatic rings. The molecule has 0 saturated carbocycles. The standard InChI is InChI=1S/C16H16N2O3/c1-11-5-4-6-12(9-11)16(21)17-10-15(20)18-13-7-2-3-8-14(13)19/h2-9,19H,10H2,1H3,(H,17,21)(H,18,20). The highest BCUT2D eigenvalue weighted by atomic mass is 16.3. The van der Waals surface area contributed by atoms with Crippen LogP contribution in [0.25, 0.3) is 0 Å². The van der Waals surface area contributed by atoms with Gasteiger partial charge >= 0.3 is 0 Å². The van der Waals surface area contributed by atoms with Crippen LogP contribution in [0.2, 0.25) is 0 Å². The Bertz CT molecular complexity index is 668. The quantitative estimate of drug-likeness (QED) is 0.752. The number of phenols is 1. The summed E-state index contributed by atoms with van der Waals surface area (Å²) in [6, 6.07) is 13.5. The SMILES string of the molecule is Cc1cccc(C(=O)NCC(=O)Nc2ccccc2O)c1. The molecule has 0 heterocycles. The number of aromatic hydroxyl groups is 1. The molecule has 108 valence electrons. The fourth-order valence-electron chi connectivity index (χ4n) is 1.82. The van der Waals surface area contributed by atoms with Crippen LogP contribution in [0.3, 0.4) is 0 Å². The first-order valence-corrected chi connectivity index (χ1v) is 6.49. The summed E-state index contributed by atoms with van der Waals surface area (Å²) in [5.74, 6) is -0.737. The van der Waals surface area contributed by atoms with Gasteiger partial charge in [-0.25, -0.2) is 0 Å². The lowest BCUT2D eigenvalue weighted by Crippen LogP contribution is -2.32. The number of hydrogen-bond acceptors (Lipinski definition) is 3. The Hall–Kier alpha value is -2.82. The average molecular weight is 284 g/mol. The van der Waals surface area contributed by atoms with Gasteiger partial charge in [-0.2, -0.15) is 0 Å². The minimum Gasteiger partial charge on any atom is -0.506 e. The lowest BCUT2D eigenvalue weighted by atomic mass is 10.1. The Labute approximate surface area is 122 Å². The second kappa shape index (κ2) is 6.56. The van der Waals surface area contributed by atoms with E-state index in [0.29, 0.717) is 11.3 Å². The zero-order valence-corrected chi connectivity index (χ0v) is 11.6.